The molecule has 2 N–H and O–H groups in total. The summed E-state index contributed by atoms with van der Waals surface area (Å²) in [7, 11) is 0. The molecular formula is C16H18N2O2. The molecule has 0 atom stereocenters. The summed E-state index contributed by atoms with van der Waals surface area (Å²) in [5, 5.41) is 0. The number of nitrogens with zero attached hydrogens (tertiary/aromatic N) is 1. The van der Waals surface area contributed by atoms with E-state index < -0.39 is 5.97 Å². The number of anilines is 1. The third-order valence-electron chi connectivity index (χ3n) is 3.18. The minimum Gasteiger partial charge on any atom is -0.456 e. The van der Waals surface area contributed by atoms with Crippen molar-refractivity contribution < 1.29 is 9.53 Å². The van der Waals surface area contributed by atoms with Crippen LogP contribution in [-0.2, 0) is 11.3 Å². The van der Waals surface area contributed by atoms with Crippen LogP contribution in [0.2, 0.25) is 0 Å². The van der Waals surface area contributed by atoms with Gasteiger partial charge >= 0.3 is 5.97 Å². The van der Waals surface area contributed by atoms with Crippen LogP contribution in [-0.4, -0.2) is 11.0 Å². The maximum Gasteiger partial charge on any atom is 0.357 e. The fourth-order valence-electron chi connectivity index (χ4n) is 2.18. The maximum atomic E-state index is 11.9. The van der Waals surface area contributed by atoms with Crippen molar-refractivity contribution in [2.24, 2.45) is 0 Å². The van der Waals surface area contributed by atoms with E-state index in [9.17, 15) is 4.79 Å². The molecule has 0 bridgehead atoms. The Labute approximate surface area is 118 Å². The van der Waals surface area contributed by atoms with Gasteiger partial charge in [0.2, 0.25) is 0 Å². The molecule has 0 amide bonds. The molecule has 1 aromatic heterocycles. The van der Waals surface area contributed by atoms with Crippen molar-refractivity contribution in [2.45, 2.75) is 27.4 Å². The maximum absolute atomic E-state index is 11.9. The Balaban J connectivity index is 2.09. The Kier molecular flexibility index (Phi) is 4.03. The first kappa shape index (κ1) is 14.1. The Hall–Kier alpha value is -2.36. The smallest absolute Gasteiger partial charge is 0.357 e. The Morgan fingerprint density at radius 3 is 2.40 bits per heavy atom. The molecule has 0 unspecified atom stereocenters. The lowest BCUT2D eigenvalue weighted by atomic mass is 10.0. The predicted octanol–water partition coefficient (Wildman–Crippen LogP) is 2.95. The molecule has 0 fully saturated rings. The minimum absolute atomic E-state index is 0.253. The first-order chi connectivity index (χ1) is 9.47. The lowest BCUT2D eigenvalue weighted by Crippen LogP contribution is -2.09. The first-order valence-electron chi connectivity index (χ1n) is 6.43. The van der Waals surface area contributed by atoms with Crippen molar-refractivity contribution >= 4 is 11.7 Å². The number of nitrogens with two attached hydrogens (primary N) is 1. The molecule has 0 radical (unpaired) electrons. The SMILES string of the molecule is Cc1cc(C)c(COC(=O)c2ccc(N)cn2)c(C)c1. The molecule has 0 aliphatic carbocycles. The van der Waals surface area contributed by atoms with E-state index in [1.54, 1.807) is 12.1 Å². The van der Waals surface area contributed by atoms with Crippen LogP contribution >= 0.6 is 0 Å². The molecule has 2 aromatic rings. The quantitative estimate of drug-likeness (QED) is 0.871. The van der Waals surface area contributed by atoms with Gasteiger partial charge in [0, 0.05) is 0 Å². The number of hydrogen-bond donors (Lipinski definition) is 1. The first-order valence-corrected chi connectivity index (χ1v) is 6.43. The topological polar surface area (TPSA) is 65.2 Å². The summed E-state index contributed by atoms with van der Waals surface area (Å²) in [5.74, 6) is -0.440. The van der Waals surface area contributed by atoms with Crippen molar-refractivity contribution in [3.8, 4) is 0 Å². The molecular weight excluding hydrogens is 252 g/mol. The zero-order valence-corrected chi connectivity index (χ0v) is 11.9. The highest BCUT2D eigenvalue weighted by Crippen LogP contribution is 2.17. The van der Waals surface area contributed by atoms with Gasteiger partial charge in [0.25, 0.3) is 0 Å². The van der Waals surface area contributed by atoms with E-state index in [4.69, 9.17) is 10.5 Å². The van der Waals surface area contributed by atoms with E-state index in [0.717, 1.165) is 16.7 Å². The molecule has 2 rings (SSSR count). The molecule has 0 saturated carbocycles. The van der Waals surface area contributed by atoms with Gasteiger partial charge in [-0.05, 0) is 49.6 Å². The second kappa shape index (κ2) is 5.74. The van der Waals surface area contributed by atoms with Crippen LogP contribution in [0.25, 0.3) is 0 Å². The standard InChI is InChI=1S/C16H18N2O2/c1-10-6-11(2)14(12(3)7-10)9-20-16(19)15-5-4-13(17)8-18-15/h4-8H,9,17H2,1-3H3. The highest BCUT2D eigenvalue weighted by atomic mass is 16.5. The fourth-order valence-corrected chi connectivity index (χ4v) is 2.18. The number of esters is 1. The van der Waals surface area contributed by atoms with Crippen LogP contribution in [0, 0.1) is 20.8 Å². The number of pyridine rings is 1. The number of aryl methyl sites for hydroxylation is 3. The van der Waals surface area contributed by atoms with Gasteiger partial charge in [-0.25, -0.2) is 9.78 Å². The summed E-state index contributed by atoms with van der Waals surface area (Å²) in [6.07, 6.45) is 1.44. The number of rotatable bonds is 3. The summed E-state index contributed by atoms with van der Waals surface area (Å²) in [6, 6.07) is 7.35. The van der Waals surface area contributed by atoms with Crippen LogP contribution in [0.15, 0.2) is 30.5 Å². The molecule has 4 heteroatoms. The van der Waals surface area contributed by atoms with Crippen LogP contribution in [0.3, 0.4) is 0 Å². The summed E-state index contributed by atoms with van der Waals surface area (Å²) < 4.78 is 5.31. The number of carbonyl (C=O) groups is 1. The molecule has 0 saturated heterocycles. The van der Waals surface area contributed by atoms with E-state index in [-0.39, 0.29) is 12.3 Å². The van der Waals surface area contributed by atoms with Crippen molar-refractivity contribution in [2.75, 3.05) is 5.73 Å². The lowest BCUT2D eigenvalue weighted by Gasteiger charge is -2.11. The number of carbonyl (C=O) groups excluding carboxylic acids is 1. The highest BCUT2D eigenvalue weighted by Gasteiger charge is 2.11. The van der Waals surface area contributed by atoms with Gasteiger partial charge < -0.3 is 10.5 Å². The number of nitrogen functional groups attached to an aromatic ring is 1. The van der Waals surface area contributed by atoms with Crippen molar-refractivity contribution in [1.82, 2.24) is 4.98 Å². The van der Waals surface area contributed by atoms with Crippen LogP contribution in [0.1, 0.15) is 32.7 Å². The molecule has 20 heavy (non-hydrogen) atoms. The largest absolute Gasteiger partial charge is 0.456 e. The average molecular weight is 270 g/mol. The normalized spacial score (nSPS) is 10.3. The van der Waals surface area contributed by atoms with Gasteiger partial charge in [-0.2, -0.15) is 0 Å². The molecule has 104 valence electrons. The fraction of sp³-hybridized carbons (Fsp3) is 0.250. The predicted molar refractivity (Wildman–Crippen MR) is 78.4 cm³/mol. The molecule has 1 heterocycles. The number of aromatic nitrogens is 1. The zero-order valence-electron chi connectivity index (χ0n) is 11.9. The van der Waals surface area contributed by atoms with Crippen molar-refractivity contribution in [3.05, 3.63) is 58.4 Å². The summed E-state index contributed by atoms with van der Waals surface area (Å²) >= 11 is 0. The molecule has 1 aromatic carbocycles. The molecule has 0 aliphatic rings. The second-order valence-electron chi connectivity index (χ2n) is 4.93. The Morgan fingerprint density at radius 2 is 1.85 bits per heavy atom. The molecule has 0 aliphatic heterocycles. The number of ether oxygens (including phenoxy) is 1. The van der Waals surface area contributed by atoms with E-state index in [2.05, 4.69) is 17.1 Å². The zero-order chi connectivity index (χ0) is 14.7. The third kappa shape index (κ3) is 3.15. The monoisotopic (exact) mass is 270 g/mol. The second-order valence-corrected chi connectivity index (χ2v) is 4.93. The summed E-state index contributed by atoms with van der Waals surface area (Å²) in [5.41, 5.74) is 10.8. The number of benzene rings is 1. The van der Waals surface area contributed by atoms with E-state index >= 15 is 0 Å². The highest BCUT2D eigenvalue weighted by molar-refractivity contribution is 5.87. The Bertz CT molecular complexity index is 610. The van der Waals surface area contributed by atoms with Crippen LogP contribution < -0.4 is 5.73 Å². The van der Waals surface area contributed by atoms with Gasteiger partial charge in [0.05, 0.1) is 11.9 Å². The van der Waals surface area contributed by atoms with E-state index in [1.807, 2.05) is 20.8 Å². The van der Waals surface area contributed by atoms with Crippen LogP contribution in [0.4, 0.5) is 5.69 Å². The van der Waals surface area contributed by atoms with Gasteiger partial charge in [0.15, 0.2) is 0 Å². The van der Waals surface area contributed by atoms with E-state index in [0.29, 0.717) is 5.69 Å². The van der Waals surface area contributed by atoms with E-state index in [1.165, 1.54) is 11.8 Å². The third-order valence-corrected chi connectivity index (χ3v) is 3.18. The molecule has 4 nitrogen and oxygen atoms in total. The molecule has 0 spiro atoms. The summed E-state index contributed by atoms with van der Waals surface area (Å²) in [6.45, 7) is 6.34. The van der Waals surface area contributed by atoms with Gasteiger partial charge in [-0.3, -0.25) is 0 Å². The lowest BCUT2D eigenvalue weighted by molar-refractivity contribution is 0.0464. The van der Waals surface area contributed by atoms with Gasteiger partial charge in [0.1, 0.15) is 12.3 Å². The summed E-state index contributed by atoms with van der Waals surface area (Å²) in [4.78, 5) is 15.8. The van der Waals surface area contributed by atoms with Gasteiger partial charge in [-0.15, -0.1) is 0 Å². The average Bonchev–Trinajstić information content (AvgIpc) is 2.38. The number of hydrogen-bond acceptors (Lipinski definition) is 4. The van der Waals surface area contributed by atoms with Crippen molar-refractivity contribution in [1.29, 1.82) is 0 Å². The Morgan fingerprint density at radius 1 is 1.20 bits per heavy atom. The van der Waals surface area contributed by atoms with Crippen molar-refractivity contribution in [3.63, 3.8) is 0 Å². The minimum atomic E-state index is -0.440. The van der Waals surface area contributed by atoms with Crippen LogP contribution in [0.5, 0.6) is 0 Å². The van der Waals surface area contributed by atoms with Gasteiger partial charge in [-0.1, -0.05) is 17.7 Å².